The first-order valence-corrected chi connectivity index (χ1v) is 7.60. The van der Waals surface area contributed by atoms with Gasteiger partial charge in [0.2, 0.25) is 5.91 Å². The fraction of sp³-hybridized carbons (Fsp3) is 0.467. The molecule has 0 bridgehead atoms. The lowest BCUT2D eigenvalue weighted by atomic mass is 9.98. The summed E-state index contributed by atoms with van der Waals surface area (Å²) in [6.07, 6.45) is 3.76. The van der Waals surface area contributed by atoms with E-state index in [0.29, 0.717) is 12.0 Å². The topological polar surface area (TPSA) is 70.1 Å². The molecule has 5 heteroatoms. The molecule has 0 aromatic heterocycles. The van der Waals surface area contributed by atoms with E-state index in [1.54, 1.807) is 0 Å². The van der Waals surface area contributed by atoms with Crippen LogP contribution < -0.4 is 5.73 Å². The monoisotopic (exact) mass is 335 g/mol. The van der Waals surface area contributed by atoms with Crippen molar-refractivity contribution in [1.82, 2.24) is 4.90 Å². The SMILES string of the molecule is N#Cc1ccc(CN2CCCC[C@@H]2CC(N)=O)c(Br)c1. The Morgan fingerprint density at radius 3 is 2.95 bits per heavy atom. The molecule has 0 saturated carbocycles. The molecule has 1 atom stereocenters. The number of hydrogen-bond donors (Lipinski definition) is 1. The van der Waals surface area contributed by atoms with Gasteiger partial charge in [-0.2, -0.15) is 5.26 Å². The van der Waals surface area contributed by atoms with E-state index in [2.05, 4.69) is 26.9 Å². The zero-order valence-electron chi connectivity index (χ0n) is 11.3. The number of piperidine rings is 1. The van der Waals surface area contributed by atoms with Crippen molar-refractivity contribution in [3.63, 3.8) is 0 Å². The Hall–Kier alpha value is -1.38. The van der Waals surface area contributed by atoms with Crippen molar-refractivity contribution in [2.45, 2.75) is 38.3 Å². The van der Waals surface area contributed by atoms with Crippen LogP contribution in [-0.2, 0) is 11.3 Å². The lowest BCUT2D eigenvalue weighted by molar-refractivity contribution is -0.119. The van der Waals surface area contributed by atoms with Crippen LogP contribution in [0.15, 0.2) is 22.7 Å². The van der Waals surface area contributed by atoms with Crippen LogP contribution in [0.2, 0.25) is 0 Å². The van der Waals surface area contributed by atoms with Crippen LogP contribution in [-0.4, -0.2) is 23.4 Å². The highest BCUT2D eigenvalue weighted by molar-refractivity contribution is 9.10. The third-order valence-corrected chi connectivity index (χ3v) is 4.48. The van der Waals surface area contributed by atoms with Gasteiger partial charge in [0.25, 0.3) is 0 Å². The van der Waals surface area contributed by atoms with Crippen LogP contribution in [0.25, 0.3) is 0 Å². The number of rotatable bonds is 4. The maximum Gasteiger partial charge on any atom is 0.218 e. The number of primary amides is 1. The number of hydrogen-bond acceptors (Lipinski definition) is 3. The fourth-order valence-corrected chi connectivity index (χ4v) is 3.20. The van der Waals surface area contributed by atoms with Crippen molar-refractivity contribution < 1.29 is 4.79 Å². The van der Waals surface area contributed by atoms with Crippen LogP contribution in [0.4, 0.5) is 0 Å². The van der Waals surface area contributed by atoms with Crippen molar-refractivity contribution in [1.29, 1.82) is 5.26 Å². The lowest BCUT2D eigenvalue weighted by Gasteiger charge is -2.35. The van der Waals surface area contributed by atoms with E-state index in [4.69, 9.17) is 11.0 Å². The zero-order chi connectivity index (χ0) is 14.5. The number of carbonyl (C=O) groups is 1. The summed E-state index contributed by atoms with van der Waals surface area (Å²) < 4.78 is 0.944. The molecular weight excluding hydrogens is 318 g/mol. The summed E-state index contributed by atoms with van der Waals surface area (Å²) in [6, 6.07) is 8.00. The molecule has 1 heterocycles. The molecule has 0 radical (unpaired) electrons. The highest BCUT2D eigenvalue weighted by atomic mass is 79.9. The molecule has 0 spiro atoms. The van der Waals surface area contributed by atoms with Crippen LogP contribution in [0.3, 0.4) is 0 Å². The van der Waals surface area contributed by atoms with Gasteiger partial charge in [-0.05, 0) is 37.1 Å². The number of halogens is 1. The van der Waals surface area contributed by atoms with Crippen LogP contribution in [0.5, 0.6) is 0 Å². The van der Waals surface area contributed by atoms with Gasteiger partial charge in [-0.3, -0.25) is 9.69 Å². The minimum Gasteiger partial charge on any atom is -0.370 e. The normalized spacial score (nSPS) is 19.5. The molecular formula is C15H18BrN3O. The standard InChI is InChI=1S/C15H18BrN3O/c16-14-7-11(9-17)4-5-12(14)10-19-6-2-1-3-13(19)8-15(18)20/h4-5,7,13H,1-3,6,8,10H2,(H2,18,20)/t13-/m1/s1. The van der Waals surface area contributed by atoms with Gasteiger partial charge in [0, 0.05) is 23.5 Å². The van der Waals surface area contributed by atoms with E-state index in [-0.39, 0.29) is 11.9 Å². The van der Waals surface area contributed by atoms with Gasteiger partial charge in [-0.25, -0.2) is 0 Å². The van der Waals surface area contributed by atoms with Gasteiger partial charge in [0.15, 0.2) is 0 Å². The number of benzene rings is 1. The smallest absolute Gasteiger partial charge is 0.218 e. The van der Waals surface area contributed by atoms with Crippen molar-refractivity contribution >= 4 is 21.8 Å². The van der Waals surface area contributed by atoms with E-state index in [1.165, 1.54) is 0 Å². The third kappa shape index (κ3) is 3.81. The van der Waals surface area contributed by atoms with Crippen LogP contribution in [0, 0.1) is 11.3 Å². The van der Waals surface area contributed by atoms with E-state index < -0.39 is 0 Å². The third-order valence-electron chi connectivity index (χ3n) is 3.74. The Morgan fingerprint density at radius 2 is 2.30 bits per heavy atom. The molecule has 106 valence electrons. The summed E-state index contributed by atoms with van der Waals surface area (Å²) in [5.74, 6) is -0.235. The zero-order valence-corrected chi connectivity index (χ0v) is 12.9. The molecule has 1 saturated heterocycles. The van der Waals surface area contributed by atoms with E-state index >= 15 is 0 Å². The summed E-state index contributed by atoms with van der Waals surface area (Å²) in [7, 11) is 0. The largest absolute Gasteiger partial charge is 0.370 e. The molecule has 1 aliphatic heterocycles. The highest BCUT2D eigenvalue weighted by Gasteiger charge is 2.24. The molecule has 1 aromatic rings. The number of amides is 1. The van der Waals surface area contributed by atoms with Crippen molar-refractivity contribution in [3.8, 4) is 6.07 Å². The van der Waals surface area contributed by atoms with Gasteiger partial charge < -0.3 is 5.73 Å². The first kappa shape index (κ1) is 15.0. The highest BCUT2D eigenvalue weighted by Crippen LogP contribution is 2.25. The van der Waals surface area contributed by atoms with Gasteiger partial charge in [0.05, 0.1) is 11.6 Å². The average molecular weight is 336 g/mol. The van der Waals surface area contributed by atoms with E-state index in [0.717, 1.165) is 42.4 Å². The Labute approximate surface area is 127 Å². The summed E-state index contributed by atoms with van der Waals surface area (Å²) in [5.41, 5.74) is 7.12. The molecule has 2 rings (SSSR count). The number of carbonyl (C=O) groups excluding carboxylic acids is 1. The summed E-state index contributed by atoms with van der Waals surface area (Å²) in [5, 5.41) is 8.88. The minimum atomic E-state index is -0.235. The van der Waals surface area contributed by atoms with E-state index in [9.17, 15) is 4.79 Å². The summed E-state index contributed by atoms with van der Waals surface area (Å²) in [6.45, 7) is 1.77. The second kappa shape index (κ2) is 6.87. The van der Waals surface area contributed by atoms with Gasteiger partial charge >= 0.3 is 0 Å². The van der Waals surface area contributed by atoms with Gasteiger partial charge in [-0.15, -0.1) is 0 Å². The Kier molecular flexibility index (Phi) is 5.16. The molecule has 2 N–H and O–H groups in total. The van der Waals surface area contributed by atoms with Gasteiger partial charge in [0.1, 0.15) is 0 Å². The molecule has 4 nitrogen and oxygen atoms in total. The maximum absolute atomic E-state index is 11.2. The van der Waals surface area contributed by atoms with Crippen LogP contribution in [0.1, 0.15) is 36.8 Å². The van der Waals surface area contributed by atoms with Crippen molar-refractivity contribution in [3.05, 3.63) is 33.8 Å². The quantitative estimate of drug-likeness (QED) is 0.919. The molecule has 0 unspecified atom stereocenters. The van der Waals surface area contributed by atoms with Gasteiger partial charge in [-0.1, -0.05) is 28.4 Å². The molecule has 20 heavy (non-hydrogen) atoms. The number of likely N-dealkylation sites (tertiary alicyclic amines) is 1. The number of nitriles is 1. The van der Waals surface area contributed by atoms with E-state index in [1.807, 2.05) is 18.2 Å². The van der Waals surface area contributed by atoms with Crippen molar-refractivity contribution in [2.75, 3.05) is 6.54 Å². The predicted octanol–water partition coefficient (Wildman–Crippen LogP) is 2.55. The molecule has 1 amide bonds. The number of nitrogens with two attached hydrogens (primary N) is 1. The minimum absolute atomic E-state index is 0.235. The van der Waals surface area contributed by atoms with Crippen molar-refractivity contribution in [2.24, 2.45) is 5.73 Å². The Balaban J connectivity index is 2.10. The molecule has 1 aliphatic rings. The first-order valence-electron chi connectivity index (χ1n) is 6.81. The molecule has 1 aromatic carbocycles. The molecule has 0 aliphatic carbocycles. The fourth-order valence-electron chi connectivity index (χ4n) is 2.70. The average Bonchev–Trinajstić information content (AvgIpc) is 2.42. The predicted molar refractivity (Wildman–Crippen MR) is 80.7 cm³/mol. The summed E-state index contributed by atoms with van der Waals surface area (Å²) >= 11 is 3.52. The lowest BCUT2D eigenvalue weighted by Crippen LogP contribution is -2.41. The van der Waals surface area contributed by atoms with Crippen LogP contribution >= 0.6 is 15.9 Å². The number of nitrogens with zero attached hydrogens (tertiary/aromatic N) is 2. The second-order valence-electron chi connectivity index (χ2n) is 5.21. The second-order valence-corrected chi connectivity index (χ2v) is 6.06. The maximum atomic E-state index is 11.2. The first-order chi connectivity index (χ1) is 9.60. The summed E-state index contributed by atoms with van der Waals surface area (Å²) in [4.78, 5) is 13.5. The molecule has 1 fully saturated rings. The Bertz CT molecular complexity index is 538. The Morgan fingerprint density at radius 1 is 1.50 bits per heavy atom.